The molecule has 2 aromatic heterocycles. The minimum Gasteiger partial charge on any atom is -0.495 e. The Labute approximate surface area is 200 Å². The molecule has 6 rings (SSSR count). The van der Waals surface area contributed by atoms with Gasteiger partial charge in [0.25, 0.3) is 0 Å². The Morgan fingerprint density at radius 2 is 2.03 bits per heavy atom. The molecule has 1 atom stereocenters. The highest BCUT2D eigenvalue weighted by atomic mass is 16.5. The first-order valence-corrected chi connectivity index (χ1v) is 12.3. The van der Waals surface area contributed by atoms with E-state index >= 15 is 0 Å². The van der Waals surface area contributed by atoms with Gasteiger partial charge in [-0.05, 0) is 72.6 Å². The third-order valence-corrected chi connectivity index (χ3v) is 8.00. The van der Waals surface area contributed by atoms with Crippen LogP contribution in [0.3, 0.4) is 0 Å². The lowest BCUT2D eigenvalue weighted by atomic mass is 9.71. The van der Waals surface area contributed by atoms with E-state index in [4.69, 9.17) is 4.74 Å². The summed E-state index contributed by atoms with van der Waals surface area (Å²) in [6.45, 7) is 4.02. The van der Waals surface area contributed by atoms with Crippen molar-refractivity contribution in [1.29, 1.82) is 0 Å². The molecule has 4 heterocycles. The molecule has 2 aliphatic heterocycles. The lowest BCUT2D eigenvalue weighted by Gasteiger charge is -2.56. The van der Waals surface area contributed by atoms with Crippen molar-refractivity contribution in [3.05, 3.63) is 71.8 Å². The van der Waals surface area contributed by atoms with E-state index < -0.39 is 0 Å². The van der Waals surface area contributed by atoms with Crippen LogP contribution in [0, 0.1) is 5.41 Å². The van der Waals surface area contributed by atoms with Crippen LogP contribution in [0.2, 0.25) is 0 Å². The van der Waals surface area contributed by atoms with Gasteiger partial charge in [-0.3, -0.25) is 14.7 Å². The lowest BCUT2D eigenvalue weighted by Crippen LogP contribution is -2.61. The molecule has 1 aromatic carbocycles. The lowest BCUT2D eigenvalue weighted by molar-refractivity contribution is -0.136. The second-order valence-electron chi connectivity index (χ2n) is 10.0. The van der Waals surface area contributed by atoms with Crippen molar-refractivity contribution in [2.75, 3.05) is 33.3 Å². The van der Waals surface area contributed by atoms with E-state index in [0.29, 0.717) is 23.6 Å². The number of rotatable bonds is 5. The van der Waals surface area contributed by atoms with Crippen molar-refractivity contribution in [3.63, 3.8) is 0 Å². The summed E-state index contributed by atoms with van der Waals surface area (Å²) in [5.74, 6) is 0.898. The number of hydrogen-bond donors (Lipinski definition) is 0. The number of nitrogens with zero attached hydrogens (tertiary/aromatic N) is 5. The third-order valence-electron chi connectivity index (χ3n) is 8.00. The van der Waals surface area contributed by atoms with E-state index in [1.54, 1.807) is 13.3 Å². The zero-order valence-corrected chi connectivity index (χ0v) is 19.7. The molecule has 3 aromatic rings. The molecule has 1 aliphatic carbocycles. The number of aryl methyl sites for hydroxylation is 1. The van der Waals surface area contributed by atoms with Gasteiger partial charge in [0.05, 0.1) is 25.4 Å². The quantitative estimate of drug-likeness (QED) is 0.587. The first-order chi connectivity index (χ1) is 16.6. The third kappa shape index (κ3) is 3.88. The number of pyridine rings is 1. The number of ether oxygens (including phenoxy) is 1. The summed E-state index contributed by atoms with van der Waals surface area (Å²) in [5, 5.41) is 4.37. The van der Waals surface area contributed by atoms with Crippen LogP contribution >= 0.6 is 0 Å². The van der Waals surface area contributed by atoms with Gasteiger partial charge in [0.2, 0.25) is 5.91 Å². The van der Waals surface area contributed by atoms with Gasteiger partial charge in [-0.1, -0.05) is 6.07 Å². The van der Waals surface area contributed by atoms with E-state index in [9.17, 15) is 4.79 Å². The number of fused-ring (bicyclic) bond motifs is 1. The Morgan fingerprint density at radius 1 is 1.18 bits per heavy atom. The summed E-state index contributed by atoms with van der Waals surface area (Å²) < 4.78 is 7.09. The normalized spacial score (nSPS) is 21.3. The Bertz CT molecular complexity index is 1160. The number of methoxy groups -OCH3 is 1. The van der Waals surface area contributed by atoms with Gasteiger partial charge >= 0.3 is 0 Å². The van der Waals surface area contributed by atoms with Gasteiger partial charge in [0.1, 0.15) is 5.75 Å². The SMILES string of the molecule is COc1ccc(CC(=O)N2CCC3(CC2)CN(C2CCc4cc(-n5cccn5)ccc42)C3)nc1. The standard InChI is InChI=1S/C27H31N5O2/c1-34-23-6-4-21(28-17-23)16-26(33)30-13-9-27(10-14-30)18-31(19-27)25-8-3-20-15-22(5-7-24(20)25)32-12-2-11-29-32/h2,4-7,11-12,15,17,25H,3,8-10,13-14,16,18-19H2,1H3. The fourth-order valence-electron chi connectivity index (χ4n) is 6.01. The summed E-state index contributed by atoms with van der Waals surface area (Å²) in [4.78, 5) is 21.8. The number of likely N-dealkylation sites (tertiary alicyclic amines) is 2. The molecule has 0 radical (unpaired) electrons. The molecular weight excluding hydrogens is 426 g/mol. The molecule has 7 nitrogen and oxygen atoms in total. The van der Waals surface area contributed by atoms with Crippen LogP contribution < -0.4 is 4.74 Å². The molecule has 0 saturated carbocycles. The van der Waals surface area contributed by atoms with Crippen LogP contribution in [-0.2, 0) is 17.6 Å². The molecule has 1 unspecified atom stereocenters. The number of carbonyl (C=O) groups is 1. The molecule has 0 N–H and O–H groups in total. The van der Waals surface area contributed by atoms with Crippen molar-refractivity contribution in [2.24, 2.45) is 5.41 Å². The fourth-order valence-corrected chi connectivity index (χ4v) is 6.01. The number of benzene rings is 1. The summed E-state index contributed by atoms with van der Waals surface area (Å²) in [5.41, 5.74) is 5.28. The van der Waals surface area contributed by atoms with Crippen LogP contribution in [0.15, 0.2) is 55.0 Å². The molecule has 2 fully saturated rings. The molecule has 1 amide bonds. The molecule has 176 valence electrons. The van der Waals surface area contributed by atoms with Gasteiger partial charge < -0.3 is 9.64 Å². The van der Waals surface area contributed by atoms with E-state index in [1.165, 1.54) is 17.5 Å². The Balaban J connectivity index is 1.03. The Hall–Kier alpha value is -3.19. The number of amides is 1. The molecule has 1 spiro atoms. The predicted octanol–water partition coefficient (Wildman–Crippen LogP) is 3.43. The fraction of sp³-hybridized carbons (Fsp3) is 0.444. The highest BCUT2D eigenvalue weighted by molar-refractivity contribution is 5.78. The maximum absolute atomic E-state index is 12.8. The second-order valence-corrected chi connectivity index (χ2v) is 10.0. The van der Waals surface area contributed by atoms with E-state index in [2.05, 4.69) is 33.2 Å². The van der Waals surface area contributed by atoms with Gasteiger partial charge in [-0.15, -0.1) is 0 Å². The van der Waals surface area contributed by atoms with Crippen LogP contribution in [0.4, 0.5) is 0 Å². The van der Waals surface area contributed by atoms with Gasteiger partial charge in [0, 0.05) is 50.3 Å². The van der Waals surface area contributed by atoms with Crippen LogP contribution in [-0.4, -0.2) is 63.8 Å². The molecule has 7 heteroatoms. The Kier molecular flexibility index (Phi) is 5.37. The first-order valence-electron chi connectivity index (χ1n) is 12.3. The maximum atomic E-state index is 12.8. The van der Waals surface area contributed by atoms with Crippen molar-refractivity contribution in [3.8, 4) is 11.4 Å². The predicted molar refractivity (Wildman–Crippen MR) is 129 cm³/mol. The molecule has 3 aliphatic rings. The zero-order valence-electron chi connectivity index (χ0n) is 19.7. The summed E-state index contributed by atoms with van der Waals surface area (Å²) >= 11 is 0. The molecular formula is C27H31N5O2. The highest BCUT2D eigenvalue weighted by Crippen LogP contribution is 2.47. The number of piperidine rings is 1. The van der Waals surface area contributed by atoms with Gasteiger partial charge in [0.15, 0.2) is 0 Å². The number of hydrogen-bond acceptors (Lipinski definition) is 5. The second kappa shape index (κ2) is 8.55. The van der Waals surface area contributed by atoms with Gasteiger partial charge in [-0.2, -0.15) is 5.10 Å². The minimum absolute atomic E-state index is 0.182. The number of aromatic nitrogens is 3. The van der Waals surface area contributed by atoms with Crippen molar-refractivity contribution >= 4 is 5.91 Å². The molecule has 2 saturated heterocycles. The van der Waals surface area contributed by atoms with Crippen molar-refractivity contribution in [1.82, 2.24) is 24.6 Å². The van der Waals surface area contributed by atoms with Crippen molar-refractivity contribution < 1.29 is 9.53 Å². The average molecular weight is 458 g/mol. The van der Waals surface area contributed by atoms with E-state index in [0.717, 1.165) is 56.8 Å². The molecule has 34 heavy (non-hydrogen) atoms. The summed E-state index contributed by atoms with van der Waals surface area (Å²) in [6.07, 6.45) is 10.4. The minimum atomic E-state index is 0.182. The Morgan fingerprint density at radius 3 is 2.74 bits per heavy atom. The van der Waals surface area contributed by atoms with Crippen LogP contribution in [0.1, 0.15) is 42.1 Å². The topological polar surface area (TPSA) is 63.5 Å². The largest absolute Gasteiger partial charge is 0.495 e. The van der Waals surface area contributed by atoms with Gasteiger partial charge in [-0.25, -0.2) is 4.68 Å². The summed E-state index contributed by atoms with van der Waals surface area (Å²) in [7, 11) is 1.62. The van der Waals surface area contributed by atoms with Crippen LogP contribution in [0.5, 0.6) is 5.75 Å². The smallest absolute Gasteiger partial charge is 0.228 e. The maximum Gasteiger partial charge on any atom is 0.228 e. The number of carbonyl (C=O) groups excluding carboxylic acids is 1. The average Bonchev–Trinajstić information content (AvgIpc) is 3.53. The zero-order chi connectivity index (χ0) is 23.1. The molecule has 0 bridgehead atoms. The monoisotopic (exact) mass is 457 g/mol. The van der Waals surface area contributed by atoms with Crippen molar-refractivity contribution in [2.45, 2.75) is 38.1 Å². The highest BCUT2D eigenvalue weighted by Gasteiger charge is 2.48. The summed E-state index contributed by atoms with van der Waals surface area (Å²) in [6, 6.07) is 13.1. The van der Waals surface area contributed by atoms with E-state index in [-0.39, 0.29) is 5.91 Å². The van der Waals surface area contributed by atoms with E-state index in [1.807, 2.05) is 40.2 Å². The van der Waals surface area contributed by atoms with Crippen LogP contribution in [0.25, 0.3) is 5.69 Å². The first kappa shape index (κ1) is 21.4.